The molecule has 0 saturated carbocycles. The molecule has 9 heteroatoms. The lowest BCUT2D eigenvalue weighted by Gasteiger charge is -2.27. The quantitative estimate of drug-likeness (QED) is 0.264. The molecule has 0 unspecified atom stereocenters. The highest BCUT2D eigenvalue weighted by Crippen LogP contribution is 2.26. The van der Waals surface area contributed by atoms with Crippen molar-refractivity contribution in [2.75, 3.05) is 13.1 Å². The Hall–Kier alpha value is -3.23. The number of nitro groups is 1. The normalized spacial score (nSPS) is 10.7. The van der Waals surface area contributed by atoms with Crippen molar-refractivity contribution in [3.8, 4) is 0 Å². The number of hydrogen-bond acceptors (Lipinski definition) is 5. The number of rotatable bonds is 10. The van der Waals surface area contributed by atoms with E-state index in [9.17, 15) is 19.7 Å². The van der Waals surface area contributed by atoms with Gasteiger partial charge in [-0.3, -0.25) is 19.7 Å². The molecule has 178 valence electrons. The van der Waals surface area contributed by atoms with Crippen molar-refractivity contribution in [1.29, 1.82) is 0 Å². The van der Waals surface area contributed by atoms with Crippen LogP contribution in [0, 0.1) is 17.0 Å². The summed E-state index contributed by atoms with van der Waals surface area (Å²) < 4.78 is 0. The fourth-order valence-electron chi connectivity index (χ4n) is 3.55. The summed E-state index contributed by atoms with van der Waals surface area (Å²) in [6.45, 7) is 5.00. The molecule has 7 nitrogen and oxygen atoms in total. The highest BCUT2D eigenvalue weighted by molar-refractivity contribution is 7.11. The van der Waals surface area contributed by atoms with E-state index in [4.69, 9.17) is 11.6 Å². The molecule has 0 fully saturated rings. The maximum absolute atomic E-state index is 13.4. The minimum absolute atomic E-state index is 0.0417. The molecule has 0 N–H and O–H groups in total. The van der Waals surface area contributed by atoms with E-state index in [0.29, 0.717) is 26.1 Å². The molecule has 2 aromatic carbocycles. The molecular weight excluding hydrogens is 474 g/mol. The predicted molar refractivity (Wildman–Crippen MR) is 134 cm³/mol. The highest BCUT2D eigenvalue weighted by atomic mass is 35.5. The number of aryl methyl sites for hydroxylation is 1. The number of nitro benzene ring substituents is 1. The molecule has 2 amide bonds. The maximum atomic E-state index is 13.4. The topological polar surface area (TPSA) is 83.8 Å². The van der Waals surface area contributed by atoms with Crippen molar-refractivity contribution >= 4 is 40.4 Å². The Labute approximate surface area is 207 Å². The molecule has 0 bridgehead atoms. The third-order valence-electron chi connectivity index (χ3n) is 5.21. The molecule has 1 aromatic heterocycles. The molecule has 0 radical (unpaired) electrons. The second-order valence-electron chi connectivity index (χ2n) is 7.90. The highest BCUT2D eigenvalue weighted by Gasteiger charge is 2.24. The third-order valence-corrected chi connectivity index (χ3v) is 6.51. The fourth-order valence-corrected chi connectivity index (χ4v) is 4.64. The van der Waals surface area contributed by atoms with E-state index in [1.807, 2.05) is 56.3 Å². The van der Waals surface area contributed by atoms with Crippen molar-refractivity contribution in [1.82, 2.24) is 9.80 Å². The number of carbonyl (C=O) groups is 2. The summed E-state index contributed by atoms with van der Waals surface area (Å²) >= 11 is 7.52. The largest absolute Gasteiger partial charge is 0.332 e. The van der Waals surface area contributed by atoms with E-state index >= 15 is 0 Å². The van der Waals surface area contributed by atoms with Crippen LogP contribution in [0.3, 0.4) is 0 Å². The summed E-state index contributed by atoms with van der Waals surface area (Å²) in [4.78, 5) is 42.6. The molecular formula is C25H26ClN3O4S. The van der Waals surface area contributed by atoms with Crippen LogP contribution in [0.15, 0.2) is 60.7 Å². The first-order valence-electron chi connectivity index (χ1n) is 10.9. The van der Waals surface area contributed by atoms with Gasteiger partial charge in [0.2, 0.25) is 5.91 Å². The van der Waals surface area contributed by atoms with E-state index in [-0.39, 0.29) is 28.7 Å². The van der Waals surface area contributed by atoms with E-state index < -0.39 is 10.8 Å². The lowest BCUT2D eigenvalue weighted by Crippen LogP contribution is -2.42. The zero-order valence-corrected chi connectivity index (χ0v) is 20.6. The van der Waals surface area contributed by atoms with Crippen molar-refractivity contribution in [2.45, 2.75) is 33.4 Å². The summed E-state index contributed by atoms with van der Waals surface area (Å²) in [5, 5.41) is 11.2. The number of thiophene rings is 1. The van der Waals surface area contributed by atoms with Crippen molar-refractivity contribution in [2.24, 2.45) is 0 Å². The molecule has 0 aliphatic rings. The smallest absolute Gasteiger partial charge is 0.288 e. The summed E-state index contributed by atoms with van der Waals surface area (Å²) in [6, 6.07) is 17.7. The van der Waals surface area contributed by atoms with Crippen LogP contribution in [0.2, 0.25) is 5.02 Å². The second kappa shape index (κ2) is 11.8. The Morgan fingerprint density at radius 2 is 1.76 bits per heavy atom. The van der Waals surface area contributed by atoms with Gasteiger partial charge in [-0.25, -0.2) is 0 Å². The first kappa shape index (κ1) is 25.4. The van der Waals surface area contributed by atoms with Gasteiger partial charge in [0.1, 0.15) is 11.6 Å². The first-order chi connectivity index (χ1) is 16.3. The maximum Gasteiger partial charge on any atom is 0.288 e. The van der Waals surface area contributed by atoms with Crippen LogP contribution in [0.25, 0.3) is 0 Å². The Morgan fingerprint density at radius 3 is 2.38 bits per heavy atom. The number of nitrogens with zero attached hydrogens (tertiary/aromatic N) is 3. The molecule has 0 spiro atoms. The average molecular weight is 500 g/mol. The van der Waals surface area contributed by atoms with Gasteiger partial charge in [-0.15, -0.1) is 11.3 Å². The van der Waals surface area contributed by atoms with Gasteiger partial charge in [-0.2, -0.15) is 0 Å². The fraction of sp³-hybridized carbons (Fsp3) is 0.280. The summed E-state index contributed by atoms with van der Waals surface area (Å²) in [5.41, 5.74) is 0.778. The van der Waals surface area contributed by atoms with Crippen LogP contribution in [0.5, 0.6) is 0 Å². The van der Waals surface area contributed by atoms with Crippen molar-refractivity contribution in [3.05, 3.63) is 96.7 Å². The van der Waals surface area contributed by atoms with E-state index in [1.54, 1.807) is 16.2 Å². The van der Waals surface area contributed by atoms with Crippen LogP contribution < -0.4 is 0 Å². The number of benzene rings is 2. The molecule has 0 aliphatic heterocycles. The van der Waals surface area contributed by atoms with Crippen LogP contribution in [-0.2, 0) is 17.9 Å². The zero-order valence-electron chi connectivity index (χ0n) is 19.1. The monoisotopic (exact) mass is 499 g/mol. The van der Waals surface area contributed by atoms with Crippen LogP contribution >= 0.6 is 22.9 Å². The number of halogens is 1. The molecule has 34 heavy (non-hydrogen) atoms. The van der Waals surface area contributed by atoms with Gasteiger partial charge in [0.25, 0.3) is 11.6 Å². The van der Waals surface area contributed by atoms with E-state index in [0.717, 1.165) is 21.4 Å². The van der Waals surface area contributed by atoms with Crippen LogP contribution in [0.4, 0.5) is 5.69 Å². The molecule has 0 saturated heterocycles. The standard InChI is InChI=1S/C25H26ClN3O4S/c1-3-13-27(25(31)20-10-12-22(26)23(14-20)29(32)33)17-24(30)28(15-19-7-5-4-6-8-19)16-21-11-9-18(2)34-21/h4-12,14H,3,13,15-17H2,1-2H3. The Balaban J connectivity index is 1.83. The Bertz CT molecular complexity index is 1170. The van der Waals surface area contributed by atoms with Crippen LogP contribution in [-0.4, -0.2) is 39.6 Å². The summed E-state index contributed by atoms with van der Waals surface area (Å²) in [5.74, 6) is -0.637. The number of carbonyl (C=O) groups excluding carboxylic acids is 2. The zero-order chi connectivity index (χ0) is 24.7. The number of amides is 2. The van der Waals surface area contributed by atoms with Crippen LogP contribution in [0.1, 0.15) is 39.0 Å². The van der Waals surface area contributed by atoms with Gasteiger partial charge in [0, 0.05) is 34.5 Å². The van der Waals surface area contributed by atoms with Gasteiger partial charge in [0.05, 0.1) is 11.5 Å². The van der Waals surface area contributed by atoms with Gasteiger partial charge >= 0.3 is 0 Å². The van der Waals surface area contributed by atoms with Gasteiger partial charge < -0.3 is 9.80 Å². The second-order valence-corrected chi connectivity index (χ2v) is 9.68. The summed E-state index contributed by atoms with van der Waals surface area (Å²) in [7, 11) is 0. The Morgan fingerprint density at radius 1 is 1.03 bits per heavy atom. The molecule has 0 atom stereocenters. The van der Waals surface area contributed by atoms with Gasteiger partial charge in [-0.05, 0) is 43.2 Å². The first-order valence-corrected chi connectivity index (χ1v) is 12.1. The van der Waals surface area contributed by atoms with Gasteiger partial charge in [-0.1, -0.05) is 48.9 Å². The van der Waals surface area contributed by atoms with Crippen molar-refractivity contribution < 1.29 is 14.5 Å². The van der Waals surface area contributed by atoms with E-state index in [1.165, 1.54) is 17.0 Å². The lowest BCUT2D eigenvalue weighted by molar-refractivity contribution is -0.384. The number of hydrogen-bond donors (Lipinski definition) is 0. The average Bonchev–Trinajstić information content (AvgIpc) is 3.23. The molecule has 3 rings (SSSR count). The Kier molecular flexibility index (Phi) is 8.79. The molecule has 1 heterocycles. The lowest BCUT2D eigenvalue weighted by atomic mass is 10.1. The minimum atomic E-state index is -0.626. The minimum Gasteiger partial charge on any atom is -0.332 e. The molecule has 3 aromatic rings. The summed E-state index contributed by atoms with van der Waals surface area (Å²) in [6.07, 6.45) is 0.636. The SMILES string of the molecule is CCCN(CC(=O)N(Cc1ccccc1)Cc1ccc(C)s1)C(=O)c1ccc(Cl)c([N+](=O)[O-])c1. The van der Waals surface area contributed by atoms with Crippen molar-refractivity contribution in [3.63, 3.8) is 0 Å². The third kappa shape index (κ3) is 6.65. The predicted octanol–water partition coefficient (Wildman–Crippen LogP) is 5.70. The van der Waals surface area contributed by atoms with E-state index in [2.05, 4.69) is 0 Å². The molecule has 0 aliphatic carbocycles. The van der Waals surface area contributed by atoms with Gasteiger partial charge in [0.15, 0.2) is 0 Å².